The van der Waals surface area contributed by atoms with Crippen molar-refractivity contribution < 1.29 is 19.8 Å². The summed E-state index contributed by atoms with van der Waals surface area (Å²) >= 11 is 0. The first-order valence-corrected chi connectivity index (χ1v) is 10.0. The number of carbonyl (C=O) groups excluding carboxylic acids is 1. The van der Waals surface area contributed by atoms with Crippen LogP contribution in [0.1, 0.15) is 85.0 Å². The summed E-state index contributed by atoms with van der Waals surface area (Å²) in [6, 6.07) is 0. The van der Waals surface area contributed by atoms with Crippen molar-refractivity contribution in [2.24, 2.45) is 11.8 Å². The molecule has 1 unspecified atom stereocenters. The van der Waals surface area contributed by atoms with Crippen molar-refractivity contribution in [2.75, 3.05) is 0 Å². The lowest BCUT2D eigenvalue weighted by molar-refractivity contribution is -0.157. The molecule has 2 N–H and O–H groups in total. The van der Waals surface area contributed by atoms with Crippen molar-refractivity contribution in [1.82, 2.24) is 0 Å². The first kappa shape index (κ1) is 22.6. The number of carbonyl (C=O) groups is 2. The van der Waals surface area contributed by atoms with Crippen LogP contribution in [0.25, 0.3) is 0 Å². The van der Waals surface area contributed by atoms with Gasteiger partial charge in [-0.1, -0.05) is 36.6 Å². The van der Waals surface area contributed by atoms with Crippen LogP contribution in [0.3, 0.4) is 0 Å². The highest BCUT2D eigenvalue weighted by molar-refractivity contribution is 5.83. The van der Waals surface area contributed by atoms with Crippen LogP contribution in [-0.4, -0.2) is 27.6 Å². The van der Waals surface area contributed by atoms with Crippen molar-refractivity contribution in [3.63, 3.8) is 0 Å². The number of aliphatic hydroxyl groups is 1. The highest BCUT2D eigenvalue weighted by Crippen LogP contribution is 2.34. The van der Waals surface area contributed by atoms with Gasteiger partial charge in [-0.3, -0.25) is 4.79 Å². The molecule has 0 amide bonds. The van der Waals surface area contributed by atoms with Gasteiger partial charge in [0, 0.05) is 12.3 Å². The van der Waals surface area contributed by atoms with Crippen LogP contribution in [0.5, 0.6) is 0 Å². The average molecular weight is 365 g/mol. The van der Waals surface area contributed by atoms with Crippen LogP contribution in [0, 0.1) is 11.8 Å². The smallest absolute Gasteiger partial charge is 0.335 e. The number of carboxylic acid groups (broad SMARTS) is 1. The molecule has 1 aliphatic carbocycles. The van der Waals surface area contributed by atoms with E-state index in [1.54, 1.807) is 0 Å². The SMILES string of the molecule is CC(C)=CCCCC=C[C@H]1CCC(=O)[C@@H]1CCCCCC(C)(O)C(=O)O. The average Bonchev–Trinajstić information content (AvgIpc) is 2.90. The number of rotatable bonds is 12. The van der Waals surface area contributed by atoms with E-state index in [2.05, 4.69) is 32.1 Å². The third kappa shape index (κ3) is 8.31. The lowest BCUT2D eigenvalue weighted by atomic mass is 9.89. The zero-order valence-corrected chi connectivity index (χ0v) is 16.7. The Hall–Kier alpha value is -1.42. The third-order valence-corrected chi connectivity index (χ3v) is 5.30. The molecular formula is C22H36O4. The fourth-order valence-electron chi connectivity index (χ4n) is 3.55. The number of hydrogen-bond acceptors (Lipinski definition) is 3. The molecule has 0 aromatic carbocycles. The molecule has 4 nitrogen and oxygen atoms in total. The van der Waals surface area contributed by atoms with Crippen LogP contribution >= 0.6 is 0 Å². The van der Waals surface area contributed by atoms with E-state index in [1.165, 1.54) is 12.5 Å². The molecule has 4 heteroatoms. The Morgan fingerprint density at radius 2 is 1.92 bits per heavy atom. The van der Waals surface area contributed by atoms with Crippen LogP contribution in [0.4, 0.5) is 0 Å². The fourth-order valence-corrected chi connectivity index (χ4v) is 3.55. The van der Waals surface area contributed by atoms with Crippen molar-refractivity contribution in [3.05, 3.63) is 23.8 Å². The zero-order valence-electron chi connectivity index (χ0n) is 16.7. The molecule has 0 aromatic heterocycles. The van der Waals surface area contributed by atoms with Gasteiger partial charge in [0.15, 0.2) is 5.60 Å². The van der Waals surface area contributed by atoms with Crippen molar-refractivity contribution in [3.8, 4) is 0 Å². The summed E-state index contributed by atoms with van der Waals surface area (Å²) in [5, 5.41) is 18.6. The van der Waals surface area contributed by atoms with Crippen molar-refractivity contribution >= 4 is 11.8 Å². The molecule has 0 aliphatic heterocycles. The number of carboxylic acids is 1. The minimum Gasteiger partial charge on any atom is -0.479 e. The summed E-state index contributed by atoms with van der Waals surface area (Å²) in [7, 11) is 0. The molecule has 1 rings (SSSR count). The van der Waals surface area contributed by atoms with Gasteiger partial charge in [-0.25, -0.2) is 4.79 Å². The monoisotopic (exact) mass is 364 g/mol. The Morgan fingerprint density at radius 3 is 2.58 bits per heavy atom. The Bertz CT molecular complexity index is 512. The highest BCUT2D eigenvalue weighted by atomic mass is 16.4. The Morgan fingerprint density at radius 1 is 1.19 bits per heavy atom. The van der Waals surface area contributed by atoms with Crippen LogP contribution in [-0.2, 0) is 9.59 Å². The second kappa shape index (κ2) is 11.3. The van der Waals surface area contributed by atoms with Crippen LogP contribution < -0.4 is 0 Å². The van der Waals surface area contributed by atoms with E-state index in [-0.39, 0.29) is 12.3 Å². The van der Waals surface area contributed by atoms with Gasteiger partial charge in [-0.2, -0.15) is 0 Å². The van der Waals surface area contributed by atoms with Crippen molar-refractivity contribution in [2.45, 2.75) is 90.6 Å². The molecule has 1 saturated carbocycles. The maximum atomic E-state index is 12.1. The standard InChI is InChI=1S/C22H36O4/c1-17(2)11-7-4-5-8-12-18-14-15-20(23)19(18)13-9-6-10-16-22(3,26)21(24)25/h8,11-12,18-19,26H,4-7,9-10,13-16H2,1-3H3,(H,24,25)/t18-,19+,22?/m0/s1. The molecule has 0 saturated heterocycles. The normalized spacial score (nSPS) is 22.5. The van der Waals surface area contributed by atoms with Crippen molar-refractivity contribution in [1.29, 1.82) is 0 Å². The predicted octanol–water partition coefficient (Wildman–Crippen LogP) is 5.06. The van der Waals surface area contributed by atoms with Gasteiger partial charge in [0.2, 0.25) is 0 Å². The number of Topliss-reactive ketones (excluding diaryl/α,β-unsaturated/α-hetero) is 1. The highest BCUT2D eigenvalue weighted by Gasteiger charge is 2.32. The number of unbranched alkanes of at least 4 members (excludes halogenated alkanes) is 4. The number of allylic oxidation sites excluding steroid dienone is 4. The van der Waals surface area contributed by atoms with Gasteiger partial charge >= 0.3 is 5.97 Å². The molecule has 3 atom stereocenters. The van der Waals surface area contributed by atoms with Gasteiger partial charge in [-0.15, -0.1) is 0 Å². The van der Waals surface area contributed by atoms with Gasteiger partial charge in [0.25, 0.3) is 0 Å². The summed E-state index contributed by atoms with van der Waals surface area (Å²) < 4.78 is 0. The largest absolute Gasteiger partial charge is 0.479 e. The second-order valence-electron chi connectivity index (χ2n) is 8.09. The van der Waals surface area contributed by atoms with Gasteiger partial charge in [0.1, 0.15) is 5.78 Å². The maximum Gasteiger partial charge on any atom is 0.335 e. The van der Waals surface area contributed by atoms with Gasteiger partial charge in [-0.05, 0) is 71.6 Å². The molecular weight excluding hydrogens is 328 g/mol. The van der Waals surface area contributed by atoms with E-state index in [0.717, 1.165) is 44.9 Å². The summed E-state index contributed by atoms with van der Waals surface area (Å²) in [5.74, 6) is -0.294. The lowest BCUT2D eigenvalue weighted by Gasteiger charge is -2.18. The maximum absolute atomic E-state index is 12.1. The predicted molar refractivity (Wildman–Crippen MR) is 105 cm³/mol. The third-order valence-electron chi connectivity index (χ3n) is 5.30. The number of ketones is 1. The topological polar surface area (TPSA) is 74.6 Å². The van der Waals surface area contributed by atoms with E-state index >= 15 is 0 Å². The lowest BCUT2D eigenvalue weighted by Crippen LogP contribution is -2.34. The molecule has 1 fully saturated rings. The summed E-state index contributed by atoms with van der Waals surface area (Å²) in [5.41, 5.74) is -0.278. The van der Waals surface area contributed by atoms with E-state index in [9.17, 15) is 14.7 Å². The van der Waals surface area contributed by atoms with Gasteiger partial charge in [0.05, 0.1) is 0 Å². The first-order chi connectivity index (χ1) is 12.2. The molecule has 0 aromatic rings. The minimum atomic E-state index is -1.64. The summed E-state index contributed by atoms with van der Waals surface area (Å²) in [6.45, 7) is 5.58. The van der Waals surface area contributed by atoms with Crippen LogP contribution in [0.2, 0.25) is 0 Å². The van der Waals surface area contributed by atoms with E-state index < -0.39 is 11.6 Å². The molecule has 26 heavy (non-hydrogen) atoms. The zero-order chi connectivity index (χ0) is 19.6. The van der Waals surface area contributed by atoms with Gasteiger partial charge < -0.3 is 10.2 Å². The molecule has 0 radical (unpaired) electrons. The Labute approximate surface area is 158 Å². The number of aliphatic carboxylic acids is 1. The fraction of sp³-hybridized carbons (Fsp3) is 0.727. The quantitative estimate of drug-likeness (QED) is 0.375. The van der Waals surface area contributed by atoms with Crippen LogP contribution in [0.15, 0.2) is 23.8 Å². The minimum absolute atomic E-state index is 0.129. The summed E-state index contributed by atoms with van der Waals surface area (Å²) in [6.07, 6.45) is 15.3. The van der Waals surface area contributed by atoms with E-state index in [1.807, 2.05) is 0 Å². The molecule has 0 spiro atoms. The van der Waals surface area contributed by atoms with E-state index in [0.29, 0.717) is 24.5 Å². The van der Waals surface area contributed by atoms with E-state index in [4.69, 9.17) is 5.11 Å². The second-order valence-corrected chi connectivity index (χ2v) is 8.09. The molecule has 0 bridgehead atoms. The first-order valence-electron chi connectivity index (χ1n) is 10.0. The Balaban J connectivity index is 2.29. The molecule has 1 aliphatic rings. The number of hydrogen-bond donors (Lipinski definition) is 2. The molecule has 0 heterocycles. The summed E-state index contributed by atoms with van der Waals surface area (Å²) in [4.78, 5) is 23.0. The Kier molecular flexibility index (Phi) is 9.85. The molecule has 148 valence electrons.